The number of aromatic carboxylic acids is 1. The van der Waals surface area contributed by atoms with Crippen molar-refractivity contribution in [3.63, 3.8) is 0 Å². The van der Waals surface area contributed by atoms with Crippen molar-refractivity contribution in [3.8, 4) is 0 Å². The fourth-order valence-electron chi connectivity index (χ4n) is 12.7. The van der Waals surface area contributed by atoms with Crippen molar-refractivity contribution >= 4 is 42.1 Å². The summed E-state index contributed by atoms with van der Waals surface area (Å²) in [6.45, 7) is 19.3. The van der Waals surface area contributed by atoms with Crippen LogP contribution in [0.5, 0.6) is 0 Å². The number of aliphatic hydroxyl groups is 1. The van der Waals surface area contributed by atoms with Crippen molar-refractivity contribution in [1.82, 2.24) is 10.2 Å². The van der Waals surface area contributed by atoms with E-state index in [1.165, 1.54) is 24.0 Å². The van der Waals surface area contributed by atoms with Gasteiger partial charge >= 0.3 is 5.97 Å². The second-order valence-corrected chi connectivity index (χ2v) is 18.3. The molecule has 0 bridgehead atoms. The number of fused-ring (bicyclic) bond motifs is 7. The number of benzene rings is 1. The maximum atomic E-state index is 13.9. The van der Waals surface area contributed by atoms with Gasteiger partial charge < -0.3 is 20.4 Å². The normalized spacial score (nSPS) is 36.4. The Labute approximate surface area is 314 Å². The average Bonchev–Trinajstić information content (AvgIpc) is 3.32. The van der Waals surface area contributed by atoms with Crippen LogP contribution in [0.1, 0.15) is 116 Å². The fraction of sp³-hybridized carbons (Fsp3) is 0.714. The van der Waals surface area contributed by atoms with E-state index in [4.69, 9.17) is 0 Å². The van der Waals surface area contributed by atoms with Crippen molar-refractivity contribution < 1.29 is 19.8 Å². The lowest BCUT2D eigenvalue weighted by Gasteiger charge is -2.71. The molecule has 0 aromatic heterocycles. The molecular weight excluding hydrogens is 667 g/mol. The first-order chi connectivity index (χ1) is 22.4. The second-order valence-electron chi connectivity index (χ2n) is 18.3. The van der Waals surface area contributed by atoms with E-state index in [-0.39, 0.29) is 58.2 Å². The van der Waals surface area contributed by atoms with Gasteiger partial charge in [-0.25, -0.2) is 4.79 Å². The number of nitrogens with zero attached hydrogens (tertiary/aromatic N) is 1. The highest BCUT2D eigenvalue weighted by Crippen LogP contribution is 2.77. The van der Waals surface area contributed by atoms with Gasteiger partial charge in [-0.2, -0.15) is 0 Å². The Balaban J connectivity index is 0.00000281. The number of hydrogen-bond donors (Lipinski definition) is 3. The SMILES string of the molecule is CC(C)C1=C2[C@H]3CC[C@@H]4[C@@]5(C)CC=C(c6ccc(C(=O)O)cc6)C(C)(C)[C@@H]5CC[C@@]4(C)[C@]3(C)CC[C@@]2(C(O)CNCCN(C)C)CC1=O.Cl.Cl. The maximum Gasteiger partial charge on any atom is 0.335 e. The summed E-state index contributed by atoms with van der Waals surface area (Å²) in [6.07, 6.45) is 9.98. The van der Waals surface area contributed by atoms with E-state index in [1.54, 1.807) is 12.1 Å². The van der Waals surface area contributed by atoms with Crippen LogP contribution in [0.15, 0.2) is 41.5 Å². The standard InChI is InChI=1S/C42H62N2O4.2ClH/c1-26(2)35-31(45)24-42(34(46)25-43-22-23-44(8)9)21-20-40(6)30(36(35)42)14-15-33-39(5)18-16-29(27-10-12-28(13-11-27)37(47)48)38(3,4)32(39)17-19-41(33,40)7;;/h10-13,16,26,30,32-34,43,46H,14-15,17-25H2,1-9H3,(H,47,48);2*1H/t30-,32+,33-,34?,39+,40-,41-,42+;;/m1../s1. The third-order valence-corrected chi connectivity index (χ3v) is 15.2. The molecule has 1 unspecified atom stereocenters. The first-order valence-corrected chi connectivity index (χ1v) is 18.8. The Morgan fingerprint density at radius 2 is 1.60 bits per heavy atom. The minimum absolute atomic E-state index is 0. The summed E-state index contributed by atoms with van der Waals surface area (Å²) >= 11 is 0. The van der Waals surface area contributed by atoms with Crippen molar-refractivity contribution in [3.05, 3.63) is 52.6 Å². The molecule has 3 fully saturated rings. The summed E-state index contributed by atoms with van der Waals surface area (Å²) in [7, 11) is 4.14. The van der Waals surface area contributed by atoms with E-state index >= 15 is 0 Å². The van der Waals surface area contributed by atoms with Gasteiger partial charge in [-0.3, -0.25) is 4.79 Å². The quantitative estimate of drug-likeness (QED) is 0.220. The van der Waals surface area contributed by atoms with Gasteiger partial charge in [-0.1, -0.05) is 72.2 Å². The van der Waals surface area contributed by atoms with Crippen LogP contribution in [0.4, 0.5) is 0 Å². The molecule has 5 aliphatic carbocycles. The summed E-state index contributed by atoms with van der Waals surface area (Å²) in [6, 6.07) is 7.50. The molecule has 6 rings (SSSR count). The number of likely N-dealkylation sites (N-methyl/N-ethyl adjacent to an activating group) is 1. The number of nitrogens with one attached hydrogen (secondary N) is 1. The van der Waals surface area contributed by atoms with Crippen LogP contribution in [0.2, 0.25) is 0 Å². The third-order valence-electron chi connectivity index (χ3n) is 15.2. The number of hydrogen-bond acceptors (Lipinski definition) is 5. The van der Waals surface area contributed by atoms with Crippen LogP contribution in [0.25, 0.3) is 5.57 Å². The van der Waals surface area contributed by atoms with E-state index in [2.05, 4.69) is 78.9 Å². The highest BCUT2D eigenvalue weighted by atomic mass is 35.5. The molecule has 5 aliphatic rings. The first kappa shape index (κ1) is 41.1. The molecule has 280 valence electrons. The van der Waals surface area contributed by atoms with Crippen LogP contribution < -0.4 is 5.32 Å². The lowest BCUT2D eigenvalue weighted by molar-refractivity contribution is -0.200. The first-order valence-electron chi connectivity index (χ1n) is 18.8. The van der Waals surface area contributed by atoms with Crippen molar-refractivity contribution in [2.75, 3.05) is 33.7 Å². The number of Topliss-reactive ketones (excluding diaryl/α,β-unsaturated/α-hetero) is 1. The summed E-state index contributed by atoms with van der Waals surface area (Å²) < 4.78 is 0. The molecule has 3 saturated carbocycles. The summed E-state index contributed by atoms with van der Waals surface area (Å²) in [4.78, 5) is 27.6. The molecule has 0 saturated heterocycles. The number of halogens is 2. The molecule has 0 heterocycles. The average molecular weight is 732 g/mol. The predicted octanol–water partition coefficient (Wildman–Crippen LogP) is 8.71. The fourth-order valence-corrected chi connectivity index (χ4v) is 12.7. The zero-order chi connectivity index (χ0) is 35.0. The van der Waals surface area contributed by atoms with Gasteiger partial charge in [0.05, 0.1) is 11.7 Å². The number of carbonyl (C=O) groups excluding carboxylic acids is 1. The van der Waals surface area contributed by atoms with Gasteiger partial charge in [0.1, 0.15) is 0 Å². The van der Waals surface area contributed by atoms with Crippen molar-refractivity contribution in [2.24, 2.45) is 50.7 Å². The minimum atomic E-state index is -0.883. The molecule has 0 radical (unpaired) electrons. The number of ketones is 1. The highest BCUT2D eigenvalue weighted by Gasteiger charge is 2.70. The van der Waals surface area contributed by atoms with Gasteiger partial charge in [-0.15, -0.1) is 24.8 Å². The molecule has 3 N–H and O–H groups in total. The molecule has 8 atom stereocenters. The Bertz CT molecular complexity index is 1520. The Kier molecular flexibility index (Phi) is 11.7. The minimum Gasteiger partial charge on any atom is -0.478 e. The molecule has 1 aromatic rings. The van der Waals surface area contributed by atoms with Crippen LogP contribution in [0.3, 0.4) is 0 Å². The second kappa shape index (κ2) is 14.3. The monoisotopic (exact) mass is 730 g/mol. The van der Waals surface area contributed by atoms with E-state index in [9.17, 15) is 19.8 Å². The van der Waals surface area contributed by atoms with E-state index in [0.29, 0.717) is 36.3 Å². The van der Waals surface area contributed by atoms with E-state index in [0.717, 1.165) is 56.3 Å². The van der Waals surface area contributed by atoms with Crippen molar-refractivity contribution in [1.29, 1.82) is 0 Å². The smallest absolute Gasteiger partial charge is 0.335 e. The molecule has 1 aromatic carbocycles. The van der Waals surface area contributed by atoms with Crippen LogP contribution >= 0.6 is 24.8 Å². The number of carbonyl (C=O) groups is 2. The number of carboxylic acid groups (broad SMARTS) is 1. The lowest BCUT2D eigenvalue weighted by Crippen LogP contribution is -2.64. The number of allylic oxidation sites excluding steroid dienone is 3. The number of aliphatic hydroxyl groups excluding tert-OH is 1. The Morgan fingerprint density at radius 3 is 2.20 bits per heavy atom. The summed E-state index contributed by atoms with van der Waals surface area (Å²) in [5, 5.41) is 25.0. The molecule has 0 amide bonds. The zero-order valence-electron chi connectivity index (χ0n) is 32.0. The Morgan fingerprint density at radius 1 is 0.940 bits per heavy atom. The number of rotatable bonds is 9. The van der Waals surface area contributed by atoms with Crippen LogP contribution in [-0.4, -0.2) is 66.7 Å². The van der Waals surface area contributed by atoms with Crippen LogP contribution in [0, 0.1) is 50.7 Å². The van der Waals surface area contributed by atoms with Gasteiger partial charge in [0.25, 0.3) is 0 Å². The molecule has 0 aliphatic heterocycles. The summed E-state index contributed by atoms with van der Waals surface area (Å²) in [5.41, 5.74) is 5.09. The molecule has 50 heavy (non-hydrogen) atoms. The van der Waals surface area contributed by atoms with E-state index in [1.807, 2.05) is 12.1 Å². The largest absolute Gasteiger partial charge is 0.478 e. The molecule has 0 spiro atoms. The topological polar surface area (TPSA) is 89.9 Å². The lowest BCUT2D eigenvalue weighted by atomic mass is 9.33. The zero-order valence-corrected chi connectivity index (χ0v) is 33.7. The van der Waals surface area contributed by atoms with Crippen molar-refractivity contribution in [2.45, 2.75) is 106 Å². The van der Waals surface area contributed by atoms with Gasteiger partial charge in [-0.05, 0) is 133 Å². The molecule has 6 nitrogen and oxygen atoms in total. The molecule has 8 heteroatoms. The predicted molar refractivity (Wildman–Crippen MR) is 208 cm³/mol. The van der Waals surface area contributed by atoms with Gasteiger partial charge in [0, 0.05) is 31.5 Å². The summed E-state index contributed by atoms with van der Waals surface area (Å²) in [5.74, 6) is 0.981. The van der Waals surface area contributed by atoms with Crippen LogP contribution in [-0.2, 0) is 4.79 Å². The van der Waals surface area contributed by atoms with E-state index < -0.39 is 17.5 Å². The highest BCUT2D eigenvalue weighted by molar-refractivity contribution is 6.00. The van der Waals surface area contributed by atoms with Gasteiger partial charge in [0.15, 0.2) is 5.78 Å². The molecular formula is C42H64Cl2N2O4. The maximum absolute atomic E-state index is 13.9. The number of carboxylic acids is 1. The Hall–Kier alpha value is -1.70. The third kappa shape index (κ3) is 6.05. The van der Waals surface area contributed by atoms with Gasteiger partial charge in [0.2, 0.25) is 0 Å².